The summed E-state index contributed by atoms with van der Waals surface area (Å²) < 4.78 is 76.0. The second-order valence-electron chi connectivity index (χ2n) is 8.35. The van der Waals surface area contributed by atoms with Crippen LogP contribution in [0.3, 0.4) is 0 Å². The molecule has 182 valence electrons. The number of carbonyl (C=O) groups excluding carboxylic acids is 1. The van der Waals surface area contributed by atoms with Crippen LogP contribution >= 0.6 is 23.2 Å². The third-order valence-electron chi connectivity index (χ3n) is 5.57. The van der Waals surface area contributed by atoms with Crippen LogP contribution in [0, 0.1) is 11.7 Å². The van der Waals surface area contributed by atoms with Crippen molar-refractivity contribution >= 4 is 35.0 Å². The first-order valence-electron chi connectivity index (χ1n) is 10.0. The van der Waals surface area contributed by atoms with Crippen LogP contribution in [0.25, 0.3) is 0 Å². The van der Waals surface area contributed by atoms with Crippen molar-refractivity contribution in [2.45, 2.75) is 31.5 Å². The molecule has 12 heteroatoms. The number of rotatable bonds is 4. The Labute approximate surface area is 201 Å². The Morgan fingerprint density at radius 1 is 1.09 bits per heavy atom. The number of oxime groups is 1. The van der Waals surface area contributed by atoms with E-state index in [1.807, 2.05) is 0 Å². The number of halogens is 7. The number of amides is 1. The molecule has 1 atom stereocenters. The number of ether oxygens (including phenoxy) is 1. The normalized spacial score (nSPS) is 21.6. The van der Waals surface area contributed by atoms with Crippen molar-refractivity contribution in [1.29, 1.82) is 0 Å². The molecule has 0 aromatic heterocycles. The molecule has 2 aromatic carbocycles. The molecule has 2 heterocycles. The smallest absolute Gasteiger partial charge is 0.419 e. The van der Waals surface area contributed by atoms with Gasteiger partial charge in [0, 0.05) is 11.5 Å². The molecule has 0 aliphatic carbocycles. The van der Waals surface area contributed by atoms with E-state index in [1.165, 1.54) is 29.2 Å². The second-order valence-corrected chi connectivity index (χ2v) is 9.16. The molecule has 0 saturated carbocycles. The van der Waals surface area contributed by atoms with Crippen molar-refractivity contribution in [2.75, 3.05) is 13.1 Å². The molecular weight excluding hydrogens is 506 g/mol. The van der Waals surface area contributed by atoms with E-state index in [9.17, 15) is 22.4 Å². The molecule has 1 fully saturated rings. The van der Waals surface area contributed by atoms with Gasteiger partial charge in [-0.3, -0.25) is 4.79 Å². The Bertz CT molecular complexity index is 1140. The van der Waals surface area contributed by atoms with Gasteiger partial charge in [-0.25, -0.2) is 8.78 Å². The van der Waals surface area contributed by atoms with Gasteiger partial charge in [-0.15, -0.1) is 0 Å². The van der Waals surface area contributed by atoms with E-state index >= 15 is 4.39 Å². The molecule has 2 aliphatic heterocycles. The molecule has 0 bridgehead atoms. The summed E-state index contributed by atoms with van der Waals surface area (Å²) in [4.78, 5) is 18.1. The van der Waals surface area contributed by atoms with Gasteiger partial charge < -0.3 is 14.5 Å². The van der Waals surface area contributed by atoms with Crippen molar-refractivity contribution in [3.05, 3.63) is 69.0 Å². The van der Waals surface area contributed by atoms with Crippen LogP contribution in [0.15, 0.2) is 41.6 Å². The lowest BCUT2D eigenvalue weighted by molar-refractivity contribution is -0.352. The molecule has 4 rings (SSSR count). The minimum Gasteiger partial charge on any atom is -0.419 e. The van der Waals surface area contributed by atoms with Gasteiger partial charge >= 0.3 is 12.0 Å². The van der Waals surface area contributed by atoms with Crippen LogP contribution < -0.4 is 0 Å². The number of nitrogens with zero attached hydrogens (tertiary/aromatic N) is 2. The van der Waals surface area contributed by atoms with Crippen molar-refractivity contribution in [3.63, 3.8) is 0 Å². The Balaban J connectivity index is 1.56. The van der Waals surface area contributed by atoms with Gasteiger partial charge in [-0.05, 0) is 35.0 Å². The van der Waals surface area contributed by atoms with Gasteiger partial charge in [0.2, 0.25) is 5.91 Å². The Morgan fingerprint density at radius 3 is 2.15 bits per heavy atom. The highest BCUT2D eigenvalue weighted by Gasteiger charge is 2.66. The van der Waals surface area contributed by atoms with E-state index in [2.05, 4.69) is 9.99 Å². The molecule has 2 aliphatic rings. The van der Waals surface area contributed by atoms with Gasteiger partial charge in [0.05, 0.1) is 28.7 Å². The molecule has 34 heavy (non-hydrogen) atoms. The number of hydrogen-bond acceptors (Lipinski definition) is 4. The predicted molar refractivity (Wildman–Crippen MR) is 114 cm³/mol. The molecular formula is C22H17Cl2F5N2O3. The summed E-state index contributed by atoms with van der Waals surface area (Å²) in [5.41, 5.74) is -2.15. The quantitative estimate of drug-likeness (QED) is 0.370. The van der Waals surface area contributed by atoms with Crippen LogP contribution in [0.4, 0.5) is 22.0 Å². The molecule has 1 unspecified atom stereocenters. The van der Waals surface area contributed by atoms with Crippen LogP contribution in [0.2, 0.25) is 10.0 Å². The highest BCUT2D eigenvalue weighted by atomic mass is 35.5. The van der Waals surface area contributed by atoms with Gasteiger partial charge in [0.25, 0.3) is 5.90 Å². The van der Waals surface area contributed by atoms with E-state index < -0.39 is 45.0 Å². The SMILES string of the molecule is CC(C)C(=O)N1CC(F)(c2ccc(C3=NOC(c4cc(Cl)c(F)c(Cl)c4)(C(F)(F)F)O3)cc2)C1. The van der Waals surface area contributed by atoms with Gasteiger partial charge in [0.1, 0.15) is 0 Å². The summed E-state index contributed by atoms with van der Waals surface area (Å²) in [6.07, 6.45) is -5.15. The molecule has 1 amide bonds. The largest absolute Gasteiger partial charge is 0.475 e. The summed E-state index contributed by atoms with van der Waals surface area (Å²) in [6, 6.07) is 6.76. The highest BCUT2D eigenvalue weighted by molar-refractivity contribution is 6.35. The number of hydrogen-bond donors (Lipinski definition) is 0. The molecule has 0 N–H and O–H groups in total. The molecule has 1 saturated heterocycles. The third-order valence-corrected chi connectivity index (χ3v) is 6.12. The molecule has 0 spiro atoms. The van der Waals surface area contributed by atoms with Crippen LogP contribution in [0.5, 0.6) is 0 Å². The summed E-state index contributed by atoms with van der Waals surface area (Å²) in [5, 5.41) is 2.10. The minimum absolute atomic E-state index is 0.0761. The topological polar surface area (TPSA) is 51.1 Å². The zero-order valence-electron chi connectivity index (χ0n) is 17.7. The monoisotopic (exact) mass is 522 g/mol. The van der Waals surface area contributed by atoms with E-state index in [1.54, 1.807) is 13.8 Å². The number of alkyl halides is 4. The van der Waals surface area contributed by atoms with Gasteiger partial charge in [-0.1, -0.05) is 49.2 Å². The fraction of sp³-hybridized carbons (Fsp3) is 0.364. The lowest BCUT2D eigenvalue weighted by atomic mass is 9.86. The van der Waals surface area contributed by atoms with E-state index in [0.717, 1.165) is 0 Å². The fourth-order valence-electron chi connectivity index (χ4n) is 3.70. The van der Waals surface area contributed by atoms with Crippen LogP contribution in [0.1, 0.15) is 30.5 Å². The predicted octanol–water partition coefficient (Wildman–Crippen LogP) is 5.92. The molecule has 0 radical (unpaired) electrons. The zero-order valence-corrected chi connectivity index (χ0v) is 19.2. The van der Waals surface area contributed by atoms with Gasteiger partial charge in [-0.2, -0.15) is 13.2 Å². The first-order chi connectivity index (χ1) is 15.8. The Hall–Kier alpha value is -2.59. The number of benzene rings is 2. The second kappa shape index (κ2) is 8.27. The van der Waals surface area contributed by atoms with E-state index in [-0.39, 0.29) is 36.0 Å². The Kier molecular flexibility index (Phi) is 5.96. The minimum atomic E-state index is -5.15. The summed E-state index contributed by atoms with van der Waals surface area (Å²) in [7, 11) is 0. The van der Waals surface area contributed by atoms with E-state index in [4.69, 9.17) is 27.9 Å². The van der Waals surface area contributed by atoms with Crippen molar-refractivity contribution in [2.24, 2.45) is 11.1 Å². The maximum atomic E-state index is 15.1. The first kappa shape index (κ1) is 24.5. The zero-order chi connectivity index (χ0) is 25.1. The molecule has 2 aromatic rings. The lowest BCUT2D eigenvalue weighted by Crippen LogP contribution is -2.59. The molecule has 5 nitrogen and oxygen atoms in total. The van der Waals surface area contributed by atoms with Crippen molar-refractivity contribution in [1.82, 2.24) is 4.90 Å². The average molecular weight is 523 g/mol. The number of carbonyl (C=O) groups is 1. The van der Waals surface area contributed by atoms with Crippen molar-refractivity contribution < 1.29 is 36.3 Å². The average Bonchev–Trinajstić information content (AvgIpc) is 3.21. The lowest BCUT2D eigenvalue weighted by Gasteiger charge is -2.45. The first-order valence-corrected chi connectivity index (χ1v) is 10.8. The maximum Gasteiger partial charge on any atom is 0.475 e. The Morgan fingerprint density at radius 2 is 1.65 bits per heavy atom. The van der Waals surface area contributed by atoms with Gasteiger partial charge in [0.15, 0.2) is 11.5 Å². The fourth-order valence-corrected chi connectivity index (χ4v) is 4.18. The highest BCUT2D eigenvalue weighted by Crippen LogP contribution is 2.48. The van der Waals surface area contributed by atoms with Crippen LogP contribution in [-0.4, -0.2) is 36.0 Å². The maximum absolute atomic E-state index is 15.1. The third kappa shape index (κ3) is 3.96. The summed E-state index contributed by atoms with van der Waals surface area (Å²) >= 11 is 11.3. The summed E-state index contributed by atoms with van der Waals surface area (Å²) in [6.45, 7) is 3.20. The van der Waals surface area contributed by atoms with Crippen LogP contribution in [-0.2, 0) is 25.8 Å². The van der Waals surface area contributed by atoms with Crippen molar-refractivity contribution in [3.8, 4) is 0 Å². The summed E-state index contributed by atoms with van der Waals surface area (Å²) in [5.74, 6) is -5.46. The van der Waals surface area contributed by atoms with E-state index in [0.29, 0.717) is 12.1 Å². The number of likely N-dealkylation sites (tertiary alicyclic amines) is 1. The standard InChI is InChI=1S/C22H17Cl2F5N2O3/c1-11(2)19(32)31-9-20(26,10-31)13-5-3-12(4-6-13)18-30-34-21(33-18,22(27,28)29)14-7-15(23)17(25)16(24)8-14/h3-8,11H,9-10H2,1-2H3.